The third-order valence-electron chi connectivity index (χ3n) is 3.15. The smallest absolute Gasteiger partial charge is 0.171 e. The fourth-order valence-corrected chi connectivity index (χ4v) is 2.39. The number of benzene rings is 1. The lowest BCUT2D eigenvalue weighted by Gasteiger charge is -2.06. The summed E-state index contributed by atoms with van der Waals surface area (Å²) in [5.74, 6) is -0.776. The summed E-state index contributed by atoms with van der Waals surface area (Å²) >= 11 is 6.19. The maximum Gasteiger partial charge on any atom is 0.171 e. The molecular weight excluding hydrogens is 281 g/mol. The Balaban J connectivity index is 2.33. The van der Waals surface area contributed by atoms with Gasteiger partial charge < -0.3 is 5.73 Å². The largest absolute Gasteiger partial charge is 0.398 e. The minimum atomic E-state index is -0.493. The highest BCUT2D eigenvalue weighted by Gasteiger charge is 2.18. The number of nitrogens with two attached hydrogens (primary N) is 1. The van der Waals surface area contributed by atoms with Crippen molar-refractivity contribution in [3.05, 3.63) is 46.0 Å². The number of carbonyl (C=O) groups excluding carboxylic acids is 1. The van der Waals surface area contributed by atoms with Crippen LogP contribution in [0.15, 0.2) is 18.2 Å². The van der Waals surface area contributed by atoms with Crippen LogP contribution in [0.5, 0.6) is 0 Å². The molecular formula is C14H15ClFN3O. The highest BCUT2D eigenvalue weighted by molar-refractivity contribution is 6.32. The van der Waals surface area contributed by atoms with Crippen molar-refractivity contribution in [3.63, 3.8) is 0 Å². The van der Waals surface area contributed by atoms with Crippen LogP contribution in [0, 0.1) is 5.82 Å². The van der Waals surface area contributed by atoms with E-state index in [9.17, 15) is 9.18 Å². The molecule has 0 amide bonds. The predicted molar refractivity (Wildman–Crippen MR) is 76.4 cm³/mol. The fraction of sp³-hybridized carbons (Fsp3) is 0.286. The van der Waals surface area contributed by atoms with Crippen LogP contribution in [0.2, 0.25) is 5.02 Å². The molecule has 0 aliphatic heterocycles. The zero-order valence-corrected chi connectivity index (χ0v) is 12.0. The summed E-state index contributed by atoms with van der Waals surface area (Å²) in [6.07, 6.45) is 0.721. The average molecular weight is 296 g/mol. The van der Waals surface area contributed by atoms with Crippen LogP contribution in [-0.2, 0) is 19.9 Å². The first-order valence-electron chi connectivity index (χ1n) is 6.22. The zero-order chi connectivity index (χ0) is 14.9. The molecule has 0 bridgehead atoms. The number of aromatic nitrogens is 2. The molecule has 0 saturated heterocycles. The van der Waals surface area contributed by atoms with E-state index in [1.165, 1.54) is 12.1 Å². The van der Waals surface area contributed by atoms with Crippen LogP contribution in [0.4, 0.5) is 10.1 Å². The molecule has 1 aromatic carbocycles. The number of halogens is 2. The van der Waals surface area contributed by atoms with Crippen molar-refractivity contribution in [1.29, 1.82) is 0 Å². The quantitative estimate of drug-likeness (QED) is 0.697. The van der Waals surface area contributed by atoms with Gasteiger partial charge in [-0.2, -0.15) is 5.10 Å². The molecule has 4 nitrogen and oxygen atoms in total. The number of anilines is 1. The Hall–Kier alpha value is -1.88. The van der Waals surface area contributed by atoms with Gasteiger partial charge in [0, 0.05) is 18.3 Å². The molecule has 0 aliphatic rings. The lowest BCUT2D eigenvalue weighted by molar-refractivity contribution is 0.0991. The molecule has 106 valence electrons. The van der Waals surface area contributed by atoms with Gasteiger partial charge >= 0.3 is 0 Å². The molecule has 6 heteroatoms. The number of ketones is 1. The second-order valence-corrected chi connectivity index (χ2v) is 4.89. The van der Waals surface area contributed by atoms with Crippen molar-refractivity contribution in [2.24, 2.45) is 7.05 Å². The molecule has 0 saturated carbocycles. The normalized spacial score (nSPS) is 10.8. The second-order valence-electron chi connectivity index (χ2n) is 4.52. The van der Waals surface area contributed by atoms with Crippen molar-refractivity contribution in [2.75, 3.05) is 5.73 Å². The van der Waals surface area contributed by atoms with Crippen LogP contribution in [-0.4, -0.2) is 15.6 Å². The van der Waals surface area contributed by atoms with Crippen molar-refractivity contribution >= 4 is 23.1 Å². The van der Waals surface area contributed by atoms with Gasteiger partial charge in [-0.25, -0.2) is 4.39 Å². The number of rotatable bonds is 4. The maximum absolute atomic E-state index is 13.2. The first kappa shape index (κ1) is 14.5. The van der Waals surface area contributed by atoms with Gasteiger partial charge in [0.1, 0.15) is 5.82 Å². The number of hydrogen-bond donors (Lipinski definition) is 1. The SMILES string of the molecule is CCc1nn(C)c(CC(=O)c2cc(F)ccc2N)c1Cl. The molecule has 0 radical (unpaired) electrons. The minimum Gasteiger partial charge on any atom is -0.398 e. The first-order chi connectivity index (χ1) is 9.43. The Bertz CT molecular complexity index is 667. The van der Waals surface area contributed by atoms with Crippen LogP contribution in [0.3, 0.4) is 0 Å². The fourth-order valence-electron chi connectivity index (χ4n) is 2.03. The molecule has 1 heterocycles. The van der Waals surface area contributed by atoms with E-state index in [1.54, 1.807) is 11.7 Å². The number of nitrogens with zero attached hydrogens (tertiary/aromatic N) is 2. The standard InChI is InChI=1S/C14H15ClFN3O/c1-3-11-14(15)12(19(2)18-11)7-13(20)9-6-8(16)4-5-10(9)17/h4-6H,3,7,17H2,1-2H3. The summed E-state index contributed by atoms with van der Waals surface area (Å²) in [4.78, 5) is 12.2. The van der Waals surface area contributed by atoms with Gasteiger partial charge in [0.05, 0.1) is 22.8 Å². The van der Waals surface area contributed by atoms with Crippen molar-refractivity contribution < 1.29 is 9.18 Å². The van der Waals surface area contributed by atoms with E-state index < -0.39 is 5.82 Å². The van der Waals surface area contributed by atoms with E-state index in [1.807, 2.05) is 6.92 Å². The molecule has 1 aromatic heterocycles. The Morgan fingerprint density at radius 3 is 2.80 bits per heavy atom. The van der Waals surface area contributed by atoms with Crippen LogP contribution in [0.1, 0.15) is 28.7 Å². The van der Waals surface area contributed by atoms with Crippen molar-refractivity contribution in [2.45, 2.75) is 19.8 Å². The number of Topliss-reactive ketones (excluding diaryl/α,β-unsaturated/α-hetero) is 1. The van der Waals surface area contributed by atoms with E-state index in [2.05, 4.69) is 5.10 Å². The highest BCUT2D eigenvalue weighted by atomic mass is 35.5. The Kier molecular flexibility index (Phi) is 4.09. The summed E-state index contributed by atoms with van der Waals surface area (Å²) in [5, 5.41) is 4.73. The number of aryl methyl sites for hydroxylation is 2. The third-order valence-corrected chi connectivity index (χ3v) is 3.58. The molecule has 0 fully saturated rings. The van der Waals surface area contributed by atoms with Gasteiger partial charge in [-0.3, -0.25) is 9.48 Å². The van der Waals surface area contributed by atoms with Crippen LogP contribution >= 0.6 is 11.6 Å². The summed E-state index contributed by atoms with van der Waals surface area (Å²) < 4.78 is 14.8. The molecule has 0 aliphatic carbocycles. The molecule has 20 heavy (non-hydrogen) atoms. The number of carbonyl (C=O) groups is 1. The number of nitrogen functional groups attached to an aromatic ring is 1. The predicted octanol–water partition coefficient (Wildman–Crippen LogP) is 2.78. The molecule has 2 aromatic rings. The Morgan fingerprint density at radius 2 is 2.20 bits per heavy atom. The van der Waals surface area contributed by atoms with Crippen molar-refractivity contribution in [3.8, 4) is 0 Å². The zero-order valence-electron chi connectivity index (χ0n) is 11.3. The van der Waals surface area contributed by atoms with Gasteiger partial charge in [-0.1, -0.05) is 18.5 Å². The van der Waals surface area contributed by atoms with Gasteiger partial charge in [-0.15, -0.1) is 0 Å². The Morgan fingerprint density at radius 1 is 1.50 bits per heavy atom. The van der Waals surface area contributed by atoms with Crippen molar-refractivity contribution in [1.82, 2.24) is 9.78 Å². The maximum atomic E-state index is 13.2. The number of hydrogen-bond acceptors (Lipinski definition) is 3. The van der Waals surface area contributed by atoms with Gasteiger partial charge in [-0.05, 0) is 24.6 Å². The van der Waals surface area contributed by atoms with Gasteiger partial charge in [0.15, 0.2) is 5.78 Å². The van der Waals surface area contributed by atoms with E-state index in [0.717, 1.165) is 11.8 Å². The Labute approximate surface area is 121 Å². The van der Waals surface area contributed by atoms with E-state index in [4.69, 9.17) is 17.3 Å². The van der Waals surface area contributed by atoms with Gasteiger partial charge in [0.2, 0.25) is 0 Å². The summed E-state index contributed by atoms with van der Waals surface area (Å²) in [7, 11) is 1.72. The molecule has 2 N–H and O–H groups in total. The highest BCUT2D eigenvalue weighted by Crippen LogP contribution is 2.23. The lowest BCUT2D eigenvalue weighted by Crippen LogP contribution is -2.10. The first-order valence-corrected chi connectivity index (χ1v) is 6.60. The molecule has 0 unspecified atom stereocenters. The summed E-state index contributed by atoms with van der Waals surface area (Å²) in [5.41, 5.74) is 7.48. The second kappa shape index (κ2) is 5.63. The van der Waals surface area contributed by atoms with E-state index >= 15 is 0 Å². The molecule has 0 atom stereocenters. The lowest BCUT2D eigenvalue weighted by atomic mass is 10.0. The van der Waals surface area contributed by atoms with Gasteiger partial charge in [0.25, 0.3) is 0 Å². The topological polar surface area (TPSA) is 60.9 Å². The van der Waals surface area contributed by atoms with E-state index in [-0.39, 0.29) is 23.5 Å². The van der Waals surface area contributed by atoms with Crippen LogP contribution < -0.4 is 5.73 Å². The van der Waals surface area contributed by atoms with Crippen LogP contribution in [0.25, 0.3) is 0 Å². The molecule has 2 rings (SSSR count). The summed E-state index contributed by atoms with van der Waals surface area (Å²) in [6.45, 7) is 1.93. The third kappa shape index (κ3) is 2.67. The summed E-state index contributed by atoms with van der Waals surface area (Å²) in [6, 6.07) is 3.74. The minimum absolute atomic E-state index is 0.0377. The monoisotopic (exact) mass is 295 g/mol. The van der Waals surface area contributed by atoms with E-state index in [0.29, 0.717) is 17.1 Å². The molecule has 0 spiro atoms. The average Bonchev–Trinajstić information content (AvgIpc) is 2.68.